The molecule has 3 aromatic rings. The summed E-state index contributed by atoms with van der Waals surface area (Å²) >= 11 is 0. The molecule has 1 aliphatic heterocycles. The lowest BCUT2D eigenvalue weighted by Crippen LogP contribution is -2.28. The molecule has 0 fully saturated rings. The van der Waals surface area contributed by atoms with Crippen LogP contribution < -0.4 is 5.32 Å². The molecule has 1 atom stereocenters. The summed E-state index contributed by atoms with van der Waals surface area (Å²) in [4.78, 5) is 25.5. The second kappa shape index (κ2) is 6.50. The van der Waals surface area contributed by atoms with Crippen molar-refractivity contribution in [2.45, 2.75) is 33.1 Å². The van der Waals surface area contributed by atoms with Crippen molar-refractivity contribution in [3.05, 3.63) is 76.5 Å². The maximum Gasteiger partial charge on any atom is 0.226 e. The number of aryl methyl sites for hydroxylation is 3. The predicted molar refractivity (Wildman–Crippen MR) is 105 cm³/mol. The van der Waals surface area contributed by atoms with E-state index < -0.39 is 5.92 Å². The van der Waals surface area contributed by atoms with E-state index >= 15 is 0 Å². The van der Waals surface area contributed by atoms with Gasteiger partial charge in [0.1, 0.15) is 5.82 Å². The van der Waals surface area contributed by atoms with Gasteiger partial charge in [-0.15, -0.1) is 0 Å². The number of carbonyl (C=O) groups excluding carboxylic acids is 2. The molecule has 1 amide bonds. The second-order valence-corrected chi connectivity index (χ2v) is 7.06. The van der Waals surface area contributed by atoms with Gasteiger partial charge in [-0.25, -0.2) is 4.68 Å². The number of fused-ring (bicyclic) bond motifs is 1. The number of Topliss-reactive ketones (excluding diaryl/α,β-unsaturated/α-hetero) is 1. The highest BCUT2D eigenvalue weighted by Crippen LogP contribution is 2.38. The number of ketones is 1. The molecule has 0 bridgehead atoms. The van der Waals surface area contributed by atoms with Crippen LogP contribution in [0.2, 0.25) is 0 Å². The van der Waals surface area contributed by atoms with Gasteiger partial charge in [0.2, 0.25) is 5.91 Å². The fraction of sp³-hybridized carbons (Fsp3) is 0.227. The maximum atomic E-state index is 13.1. The number of hydrogen-bond acceptors (Lipinski definition) is 3. The number of carbonyl (C=O) groups is 2. The minimum Gasteiger partial charge on any atom is -0.310 e. The zero-order chi connectivity index (χ0) is 19.1. The van der Waals surface area contributed by atoms with Crippen molar-refractivity contribution in [1.82, 2.24) is 9.78 Å². The highest BCUT2D eigenvalue weighted by Gasteiger charge is 2.36. The van der Waals surface area contributed by atoms with Crippen LogP contribution in [0, 0.1) is 20.8 Å². The van der Waals surface area contributed by atoms with Gasteiger partial charge < -0.3 is 5.32 Å². The van der Waals surface area contributed by atoms with E-state index in [1.165, 1.54) is 5.56 Å². The Bertz CT molecular complexity index is 1050. The number of nitrogens with one attached hydrogen (secondary N) is 1. The van der Waals surface area contributed by atoms with Crippen LogP contribution >= 0.6 is 0 Å². The summed E-state index contributed by atoms with van der Waals surface area (Å²) < 4.78 is 1.74. The number of aromatic nitrogens is 2. The summed E-state index contributed by atoms with van der Waals surface area (Å²) in [5.74, 6) is -0.131. The quantitative estimate of drug-likeness (QED) is 0.716. The molecule has 5 nitrogen and oxygen atoms in total. The summed E-state index contributed by atoms with van der Waals surface area (Å²) in [6.07, 6.45) is 0.139. The van der Waals surface area contributed by atoms with Crippen molar-refractivity contribution < 1.29 is 9.59 Å². The molecule has 2 heterocycles. The van der Waals surface area contributed by atoms with E-state index in [2.05, 4.69) is 17.3 Å². The first-order chi connectivity index (χ1) is 13.0. The van der Waals surface area contributed by atoms with Crippen LogP contribution in [-0.4, -0.2) is 21.5 Å². The molecule has 1 aliphatic rings. The lowest BCUT2D eigenvalue weighted by Gasteiger charge is -2.23. The van der Waals surface area contributed by atoms with Gasteiger partial charge in [-0.2, -0.15) is 5.10 Å². The van der Waals surface area contributed by atoms with E-state index in [9.17, 15) is 9.59 Å². The Hall–Kier alpha value is -3.21. The SMILES string of the molecule is Cc1ccc(-n2nc(C)c3c2NC(=O)CC3C(=O)c2ccccc2)cc1C. The Morgan fingerprint density at radius 2 is 1.81 bits per heavy atom. The van der Waals surface area contributed by atoms with Crippen molar-refractivity contribution >= 4 is 17.5 Å². The van der Waals surface area contributed by atoms with Crippen LogP contribution in [0.1, 0.15) is 45.1 Å². The summed E-state index contributed by atoms with van der Waals surface area (Å²) in [5, 5.41) is 7.57. The highest BCUT2D eigenvalue weighted by atomic mass is 16.2. The average Bonchev–Trinajstić information content (AvgIpc) is 3.00. The topological polar surface area (TPSA) is 64.0 Å². The third-order valence-corrected chi connectivity index (χ3v) is 5.21. The molecule has 136 valence electrons. The molecule has 1 aromatic heterocycles. The number of nitrogens with zero attached hydrogens (tertiary/aromatic N) is 2. The fourth-order valence-electron chi connectivity index (χ4n) is 3.62. The smallest absolute Gasteiger partial charge is 0.226 e. The van der Waals surface area contributed by atoms with Gasteiger partial charge in [0.25, 0.3) is 0 Å². The number of rotatable bonds is 3. The number of hydrogen-bond donors (Lipinski definition) is 1. The van der Waals surface area contributed by atoms with Crippen LogP contribution in [0.25, 0.3) is 5.69 Å². The van der Waals surface area contributed by atoms with Gasteiger partial charge in [0, 0.05) is 17.5 Å². The van der Waals surface area contributed by atoms with Gasteiger partial charge in [0.15, 0.2) is 5.78 Å². The maximum absolute atomic E-state index is 13.1. The van der Waals surface area contributed by atoms with E-state index in [1.54, 1.807) is 16.8 Å². The van der Waals surface area contributed by atoms with E-state index in [-0.39, 0.29) is 18.1 Å². The van der Waals surface area contributed by atoms with Gasteiger partial charge in [-0.05, 0) is 44.0 Å². The summed E-state index contributed by atoms with van der Waals surface area (Å²) in [7, 11) is 0. The first-order valence-electron chi connectivity index (χ1n) is 9.02. The molecule has 4 rings (SSSR count). The van der Waals surface area contributed by atoms with E-state index in [0.29, 0.717) is 11.4 Å². The summed E-state index contributed by atoms with van der Waals surface area (Å²) in [6, 6.07) is 15.2. The van der Waals surface area contributed by atoms with Crippen LogP contribution in [0.5, 0.6) is 0 Å². The zero-order valence-corrected chi connectivity index (χ0v) is 15.6. The third kappa shape index (κ3) is 2.95. The first-order valence-corrected chi connectivity index (χ1v) is 9.02. The molecule has 1 N–H and O–H groups in total. The molecule has 0 radical (unpaired) electrons. The van der Waals surface area contributed by atoms with E-state index in [0.717, 1.165) is 22.5 Å². The number of benzene rings is 2. The van der Waals surface area contributed by atoms with Crippen LogP contribution in [0.3, 0.4) is 0 Å². The normalized spacial score (nSPS) is 16.0. The van der Waals surface area contributed by atoms with Gasteiger partial charge in [-0.3, -0.25) is 9.59 Å². The second-order valence-electron chi connectivity index (χ2n) is 7.06. The van der Waals surface area contributed by atoms with E-state index in [1.807, 2.05) is 50.2 Å². The minimum absolute atomic E-state index is 0.0468. The van der Waals surface area contributed by atoms with E-state index in [4.69, 9.17) is 0 Å². The monoisotopic (exact) mass is 359 g/mol. The third-order valence-electron chi connectivity index (χ3n) is 5.21. The zero-order valence-electron chi connectivity index (χ0n) is 15.6. The molecule has 5 heteroatoms. The standard InChI is InChI=1S/C22H21N3O2/c1-13-9-10-17(11-14(13)2)25-22-20(15(3)24-25)18(12-19(26)23-22)21(27)16-7-5-4-6-8-16/h4-11,18H,12H2,1-3H3,(H,23,26). The first kappa shape index (κ1) is 17.2. The molecule has 2 aromatic carbocycles. The lowest BCUT2D eigenvalue weighted by molar-refractivity contribution is -0.116. The summed E-state index contributed by atoms with van der Waals surface area (Å²) in [5.41, 5.74) is 5.39. The van der Waals surface area contributed by atoms with Gasteiger partial charge in [-0.1, -0.05) is 36.4 Å². The van der Waals surface area contributed by atoms with Crippen molar-refractivity contribution in [2.24, 2.45) is 0 Å². The molecular formula is C22H21N3O2. The van der Waals surface area contributed by atoms with Crippen LogP contribution in [0.15, 0.2) is 48.5 Å². The minimum atomic E-state index is -0.517. The van der Waals surface area contributed by atoms with Crippen LogP contribution in [0.4, 0.5) is 5.82 Å². The Labute approximate surface area is 158 Å². The molecular weight excluding hydrogens is 338 g/mol. The lowest BCUT2D eigenvalue weighted by atomic mass is 9.85. The largest absolute Gasteiger partial charge is 0.310 e. The molecule has 0 aliphatic carbocycles. The van der Waals surface area contributed by atoms with Crippen LogP contribution in [-0.2, 0) is 4.79 Å². The molecule has 0 saturated carbocycles. The fourth-order valence-corrected chi connectivity index (χ4v) is 3.62. The Kier molecular flexibility index (Phi) is 4.15. The Balaban J connectivity index is 1.83. The highest BCUT2D eigenvalue weighted by molar-refractivity contribution is 6.07. The Morgan fingerprint density at radius 3 is 2.52 bits per heavy atom. The Morgan fingerprint density at radius 1 is 1.07 bits per heavy atom. The molecule has 0 spiro atoms. The number of amides is 1. The van der Waals surface area contributed by atoms with Gasteiger partial charge in [0.05, 0.1) is 17.3 Å². The van der Waals surface area contributed by atoms with Crippen molar-refractivity contribution in [3.8, 4) is 5.69 Å². The molecule has 27 heavy (non-hydrogen) atoms. The van der Waals surface area contributed by atoms with Crippen molar-refractivity contribution in [1.29, 1.82) is 0 Å². The van der Waals surface area contributed by atoms with Gasteiger partial charge >= 0.3 is 0 Å². The van der Waals surface area contributed by atoms with Crippen molar-refractivity contribution in [2.75, 3.05) is 5.32 Å². The average molecular weight is 359 g/mol. The summed E-state index contributed by atoms with van der Waals surface area (Å²) in [6.45, 7) is 5.99. The molecule has 0 saturated heterocycles. The molecule has 1 unspecified atom stereocenters. The van der Waals surface area contributed by atoms with Crippen molar-refractivity contribution in [3.63, 3.8) is 0 Å². The number of anilines is 1. The predicted octanol–water partition coefficient (Wildman–Crippen LogP) is 4.11.